The normalized spacial score (nSPS) is 12.4. The third-order valence-corrected chi connectivity index (χ3v) is 3.50. The Morgan fingerprint density at radius 3 is 2.59 bits per heavy atom. The van der Waals surface area contributed by atoms with Crippen molar-refractivity contribution < 1.29 is 9.84 Å². The molecule has 0 saturated carbocycles. The van der Waals surface area contributed by atoms with Crippen molar-refractivity contribution in [3.8, 4) is 5.75 Å². The van der Waals surface area contributed by atoms with Gasteiger partial charge in [-0.05, 0) is 31.7 Å². The van der Waals surface area contributed by atoms with Gasteiger partial charge in [-0.15, -0.1) is 0 Å². The quantitative estimate of drug-likeness (QED) is 0.698. The lowest BCUT2D eigenvalue weighted by molar-refractivity contribution is 0.322. The van der Waals surface area contributed by atoms with Crippen LogP contribution >= 0.6 is 11.8 Å². The molecule has 0 amide bonds. The fraction of sp³-hybridized carbons (Fsp3) is 0.538. The summed E-state index contributed by atoms with van der Waals surface area (Å²) in [6.45, 7) is 2.92. The molecule has 1 aromatic carbocycles. The summed E-state index contributed by atoms with van der Waals surface area (Å²) < 4.78 is 5.41. The van der Waals surface area contributed by atoms with Crippen molar-refractivity contribution in [3.05, 3.63) is 29.8 Å². The highest BCUT2D eigenvalue weighted by atomic mass is 32.2. The van der Waals surface area contributed by atoms with Crippen LogP contribution in [0.1, 0.15) is 18.5 Å². The molecule has 3 nitrogen and oxygen atoms in total. The third-order valence-electron chi connectivity index (χ3n) is 2.46. The van der Waals surface area contributed by atoms with Gasteiger partial charge in [0.1, 0.15) is 5.75 Å². The number of thioether (sulfide) groups is 1. The predicted molar refractivity (Wildman–Crippen MR) is 73.8 cm³/mol. The van der Waals surface area contributed by atoms with Gasteiger partial charge in [0, 0.05) is 17.5 Å². The summed E-state index contributed by atoms with van der Waals surface area (Å²) >= 11 is 1.75. The van der Waals surface area contributed by atoms with Gasteiger partial charge in [0.05, 0.1) is 13.2 Å². The van der Waals surface area contributed by atoms with E-state index in [0.29, 0.717) is 12.6 Å². The van der Waals surface area contributed by atoms with Crippen LogP contribution in [0.25, 0.3) is 0 Å². The average molecular weight is 255 g/mol. The Bertz CT molecular complexity index is 303. The smallest absolute Gasteiger partial charge is 0.119 e. The van der Waals surface area contributed by atoms with Crippen LogP contribution in [-0.4, -0.2) is 36.9 Å². The average Bonchev–Trinajstić information content (AvgIpc) is 2.36. The van der Waals surface area contributed by atoms with Gasteiger partial charge in [0.25, 0.3) is 0 Å². The zero-order valence-corrected chi connectivity index (χ0v) is 11.3. The maximum absolute atomic E-state index is 8.76. The van der Waals surface area contributed by atoms with Crippen LogP contribution in [0.2, 0.25) is 0 Å². The number of aliphatic hydroxyl groups is 1. The van der Waals surface area contributed by atoms with Crippen LogP contribution in [0.5, 0.6) is 5.75 Å². The van der Waals surface area contributed by atoms with Crippen LogP contribution < -0.4 is 10.1 Å². The summed E-state index contributed by atoms with van der Waals surface area (Å²) in [5.41, 5.74) is 1.25. The first-order chi connectivity index (χ1) is 8.31. The Morgan fingerprint density at radius 1 is 1.35 bits per heavy atom. The molecule has 1 unspecified atom stereocenters. The van der Waals surface area contributed by atoms with E-state index in [9.17, 15) is 0 Å². The minimum absolute atomic E-state index is 0.240. The molecule has 0 aliphatic carbocycles. The van der Waals surface area contributed by atoms with E-state index in [1.165, 1.54) is 5.56 Å². The van der Waals surface area contributed by atoms with Gasteiger partial charge in [0.15, 0.2) is 0 Å². The van der Waals surface area contributed by atoms with Crippen LogP contribution in [0.15, 0.2) is 24.3 Å². The van der Waals surface area contributed by atoms with Crippen molar-refractivity contribution in [2.24, 2.45) is 0 Å². The molecule has 17 heavy (non-hydrogen) atoms. The van der Waals surface area contributed by atoms with Crippen LogP contribution in [0.4, 0.5) is 0 Å². The summed E-state index contributed by atoms with van der Waals surface area (Å²) in [6.07, 6.45) is 0. The first kappa shape index (κ1) is 14.4. The van der Waals surface area contributed by atoms with Crippen molar-refractivity contribution >= 4 is 11.8 Å². The molecule has 0 aliphatic rings. The largest absolute Gasteiger partial charge is 0.494 e. The molecule has 2 N–H and O–H groups in total. The van der Waals surface area contributed by atoms with Gasteiger partial charge in [-0.25, -0.2) is 0 Å². The van der Waals surface area contributed by atoms with E-state index in [-0.39, 0.29) is 6.61 Å². The topological polar surface area (TPSA) is 41.5 Å². The first-order valence-corrected chi connectivity index (χ1v) is 7.06. The molecule has 1 rings (SSSR count). The van der Waals surface area contributed by atoms with Crippen molar-refractivity contribution in [2.75, 3.05) is 31.8 Å². The Labute approximate surface area is 108 Å². The van der Waals surface area contributed by atoms with E-state index in [4.69, 9.17) is 9.84 Å². The third kappa shape index (κ3) is 4.98. The van der Waals surface area contributed by atoms with Gasteiger partial charge < -0.3 is 15.2 Å². The Morgan fingerprint density at radius 2 is 2.06 bits per heavy atom. The van der Waals surface area contributed by atoms with E-state index in [2.05, 4.69) is 17.4 Å². The van der Waals surface area contributed by atoms with E-state index in [0.717, 1.165) is 17.3 Å². The van der Waals surface area contributed by atoms with Crippen LogP contribution in [0.3, 0.4) is 0 Å². The molecule has 1 atom stereocenters. The fourth-order valence-electron chi connectivity index (χ4n) is 1.57. The van der Waals surface area contributed by atoms with Crippen LogP contribution in [-0.2, 0) is 0 Å². The van der Waals surface area contributed by atoms with E-state index >= 15 is 0 Å². The van der Waals surface area contributed by atoms with Gasteiger partial charge in [-0.3, -0.25) is 0 Å². The van der Waals surface area contributed by atoms with Gasteiger partial charge >= 0.3 is 0 Å². The number of hydrogen-bond acceptors (Lipinski definition) is 4. The van der Waals surface area contributed by atoms with E-state index < -0.39 is 0 Å². The van der Waals surface area contributed by atoms with Gasteiger partial charge in [-0.1, -0.05) is 12.1 Å². The summed E-state index contributed by atoms with van der Waals surface area (Å²) in [5, 5.41) is 12.0. The highest BCUT2D eigenvalue weighted by molar-refractivity contribution is 7.99. The van der Waals surface area contributed by atoms with Crippen LogP contribution in [0, 0.1) is 0 Å². The Balaban J connectivity index is 2.55. The molecule has 0 saturated heterocycles. The molecular weight excluding hydrogens is 234 g/mol. The molecule has 0 radical (unpaired) electrons. The second-order valence-electron chi connectivity index (χ2n) is 3.64. The predicted octanol–water partition coefficient (Wildman–Crippen LogP) is 2.07. The zero-order chi connectivity index (χ0) is 12.5. The first-order valence-electron chi connectivity index (χ1n) is 5.90. The standard InChI is InChI=1S/C13H21NO2S/c1-3-16-12-6-4-11(5-7-12)13(14-2)10-17-9-8-15/h4-7,13-15H,3,8-10H2,1-2H3. The van der Waals surface area contributed by atoms with Crippen molar-refractivity contribution in [1.29, 1.82) is 0 Å². The Kier molecular flexibility index (Phi) is 7.08. The minimum atomic E-state index is 0.240. The summed E-state index contributed by atoms with van der Waals surface area (Å²) in [4.78, 5) is 0. The Hall–Kier alpha value is -0.710. The molecule has 0 heterocycles. The molecule has 0 spiro atoms. The maximum atomic E-state index is 8.76. The molecule has 0 aromatic heterocycles. The SMILES string of the molecule is CCOc1ccc(C(CSCCO)NC)cc1. The van der Waals surface area contributed by atoms with Crippen molar-refractivity contribution in [3.63, 3.8) is 0 Å². The lowest BCUT2D eigenvalue weighted by atomic mass is 10.1. The van der Waals surface area contributed by atoms with E-state index in [1.54, 1.807) is 11.8 Å². The number of aliphatic hydroxyl groups excluding tert-OH is 1. The second-order valence-corrected chi connectivity index (χ2v) is 4.79. The minimum Gasteiger partial charge on any atom is -0.494 e. The number of ether oxygens (including phenoxy) is 1. The monoisotopic (exact) mass is 255 g/mol. The highest BCUT2D eigenvalue weighted by Gasteiger charge is 2.08. The summed E-state index contributed by atoms with van der Waals surface area (Å²) in [7, 11) is 1.96. The molecule has 0 aliphatic heterocycles. The van der Waals surface area contributed by atoms with E-state index in [1.807, 2.05) is 26.1 Å². The zero-order valence-electron chi connectivity index (χ0n) is 10.5. The number of hydrogen-bond donors (Lipinski definition) is 2. The van der Waals surface area contributed by atoms with Gasteiger partial charge in [-0.2, -0.15) is 11.8 Å². The summed E-state index contributed by atoms with van der Waals surface area (Å²) in [5.74, 6) is 2.66. The number of nitrogens with one attached hydrogen (secondary N) is 1. The molecule has 96 valence electrons. The van der Waals surface area contributed by atoms with Crippen molar-refractivity contribution in [1.82, 2.24) is 5.32 Å². The second kappa shape index (κ2) is 8.39. The number of benzene rings is 1. The molecule has 1 aromatic rings. The lowest BCUT2D eigenvalue weighted by Crippen LogP contribution is -2.19. The molecule has 0 bridgehead atoms. The fourth-order valence-corrected chi connectivity index (χ4v) is 2.47. The lowest BCUT2D eigenvalue weighted by Gasteiger charge is -2.16. The highest BCUT2D eigenvalue weighted by Crippen LogP contribution is 2.20. The maximum Gasteiger partial charge on any atom is 0.119 e. The van der Waals surface area contributed by atoms with Gasteiger partial charge in [0.2, 0.25) is 0 Å². The molecular formula is C13H21NO2S. The molecule has 0 fully saturated rings. The van der Waals surface area contributed by atoms with Crippen molar-refractivity contribution in [2.45, 2.75) is 13.0 Å². The molecule has 4 heteroatoms. The summed E-state index contributed by atoms with van der Waals surface area (Å²) in [6, 6.07) is 8.50. The number of rotatable bonds is 8.